The zero-order valence-corrected chi connectivity index (χ0v) is 15.2. The number of hydrogen-bond acceptors (Lipinski definition) is 5. The van der Waals surface area contributed by atoms with Crippen LogP contribution in [0.2, 0.25) is 0 Å². The van der Waals surface area contributed by atoms with Crippen LogP contribution >= 0.6 is 0 Å². The highest BCUT2D eigenvalue weighted by atomic mass is 16.3. The normalized spacial score (nSPS) is 16.8. The summed E-state index contributed by atoms with van der Waals surface area (Å²) in [6.07, 6.45) is 0. The van der Waals surface area contributed by atoms with Crippen molar-refractivity contribution in [2.45, 2.75) is 40.2 Å². The van der Waals surface area contributed by atoms with Crippen LogP contribution in [0.4, 0.5) is 11.4 Å². The molecule has 6 nitrogen and oxygen atoms in total. The number of aliphatic hydroxyl groups excluding tert-OH is 1. The second kappa shape index (κ2) is 7.13. The van der Waals surface area contributed by atoms with Crippen LogP contribution in [-0.4, -0.2) is 52.6 Å². The van der Waals surface area contributed by atoms with E-state index >= 15 is 0 Å². The monoisotopic (exact) mass is 329 g/mol. The van der Waals surface area contributed by atoms with E-state index in [0.29, 0.717) is 11.4 Å². The first-order valence-corrected chi connectivity index (χ1v) is 8.33. The van der Waals surface area contributed by atoms with E-state index in [-0.39, 0.29) is 18.0 Å². The fourth-order valence-electron chi connectivity index (χ4n) is 2.62. The van der Waals surface area contributed by atoms with Gasteiger partial charge in [-0.15, -0.1) is 0 Å². The number of nitrogens with one attached hydrogen (secondary N) is 1. The Labute approximate surface area is 144 Å². The molecule has 6 heteroatoms. The highest BCUT2D eigenvalue weighted by molar-refractivity contribution is 6.70. The summed E-state index contributed by atoms with van der Waals surface area (Å²) in [6.45, 7) is 11.9. The summed E-state index contributed by atoms with van der Waals surface area (Å²) in [6, 6.07) is 7.93. The van der Waals surface area contributed by atoms with Crippen LogP contribution in [-0.2, 0) is 0 Å². The predicted molar refractivity (Wildman–Crippen MR) is 101 cm³/mol. The lowest BCUT2D eigenvalue weighted by Crippen LogP contribution is -2.41. The molecule has 24 heavy (non-hydrogen) atoms. The van der Waals surface area contributed by atoms with Gasteiger partial charge in [-0.3, -0.25) is 5.41 Å². The third-order valence-corrected chi connectivity index (χ3v) is 3.93. The van der Waals surface area contributed by atoms with Gasteiger partial charge in [-0.25, -0.2) is 10.0 Å². The standard InChI is InChI=1S/C18H27N5O/c1-6-22(7-2)14-10-8-13(9-11-14)20-16-15(12-24)21-23(17(16)19)18(3,4)5/h8-11,19,24H,6-7,12H2,1-5H3. The molecule has 0 spiro atoms. The van der Waals surface area contributed by atoms with E-state index in [1.54, 1.807) is 5.01 Å². The maximum Gasteiger partial charge on any atom is 0.170 e. The topological polar surface area (TPSA) is 75.3 Å². The van der Waals surface area contributed by atoms with Gasteiger partial charge in [-0.1, -0.05) is 0 Å². The molecule has 0 aliphatic carbocycles. The SMILES string of the molecule is CCN(CC)c1ccc(N=C2C(=N)N(C(C)(C)C)N=C2CO)cc1. The second-order valence-corrected chi connectivity index (χ2v) is 6.69. The average molecular weight is 329 g/mol. The van der Waals surface area contributed by atoms with Crippen molar-refractivity contribution >= 4 is 28.6 Å². The van der Waals surface area contributed by atoms with Crippen LogP contribution in [0.5, 0.6) is 0 Å². The van der Waals surface area contributed by atoms with Gasteiger partial charge in [0.05, 0.1) is 17.8 Å². The third kappa shape index (κ3) is 3.64. The van der Waals surface area contributed by atoms with Crippen LogP contribution in [0, 0.1) is 5.41 Å². The maximum atomic E-state index is 9.55. The molecule has 0 amide bonds. The second-order valence-electron chi connectivity index (χ2n) is 6.69. The molecule has 1 aliphatic rings. The smallest absolute Gasteiger partial charge is 0.170 e. The van der Waals surface area contributed by atoms with Crippen LogP contribution < -0.4 is 4.90 Å². The van der Waals surface area contributed by atoms with Gasteiger partial charge in [-0.05, 0) is 58.9 Å². The van der Waals surface area contributed by atoms with E-state index in [2.05, 4.69) is 28.8 Å². The molecule has 1 aromatic carbocycles. The molecule has 0 aromatic heterocycles. The minimum atomic E-state index is -0.332. The number of aliphatic hydroxyl groups is 1. The van der Waals surface area contributed by atoms with Gasteiger partial charge >= 0.3 is 0 Å². The highest BCUT2D eigenvalue weighted by Crippen LogP contribution is 2.24. The van der Waals surface area contributed by atoms with Crippen molar-refractivity contribution in [2.24, 2.45) is 10.1 Å². The lowest BCUT2D eigenvalue weighted by molar-refractivity contribution is 0.250. The first-order valence-electron chi connectivity index (χ1n) is 8.33. The largest absolute Gasteiger partial charge is 0.390 e. The summed E-state index contributed by atoms with van der Waals surface area (Å²) in [7, 11) is 0. The van der Waals surface area contributed by atoms with Gasteiger partial charge in [0.25, 0.3) is 0 Å². The molecule has 2 N–H and O–H groups in total. The van der Waals surface area contributed by atoms with Gasteiger partial charge in [-0.2, -0.15) is 5.10 Å². The van der Waals surface area contributed by atoms with Crippen molar-refractivity contribution < 1.29 is 5.11 Å². The number of rotatable bonds is 5. The number of hydrogen-bond donors (Lipinski definition) is 2. The zero-order valence-electron chi connectivity index (χ0n) is 15.2. The van der Waals surface area contributed by atoms with Crippen molar-refractivity contribution in [2.75, 3.05) is 24.6 Å². The molecule has 130 valence electrons. The van der Waals surface area contributed by atoms with Crippen molar-refractivity contribution in [1.82, 2.24) is 5.01 Å². The Kier molecular flexibility index (Phi) is 5.39. The molecule has 1 aliphatic heterocycles. The Balaban J connectivity index is 2.30. The number of hydrazone groups is 1. The third-order valence-electron chi connectivity index (χ3n) is 3.93. The molecular weight excluding hydrogens is 302 g/mol. The fourth-order valence-corrected chi connectivity index (χ4v) is 2.62. The van der Waals surface area contributed by atoms with Crippen LogP contribution in [0.1, 0.15) is 34.6 Å². The van der Waals surface area contributed by atoms with Crippen molar-refractivity contribution in [3.8, 4) is 0 Å². The maximum absolute atomic E-state index is 9.55. The lowest BCUT2D eigenvalue weighted by atomic mass is 10.1. The number of nitrogens with zero attached hydrogens (tertiary/aromatic N) is 4. The molecule has 0 unspecified atom stereocenters. The molecule has 2 rings (SSSR count). The molecule has 0 atom stereocenters. The van der Waals surface area contributed by atoms with Gasteiger partial charge < -0.3 is 10.0 Å². The highest BCUT2D eigenvalue weighted by Gasteiger charge is 2.34. The first kappa shape index (κ1) is 18.1. The number of benzene rings is 1. The van der Waals surface area contributed by atoms with Crippen molar-refractivity contribution in [3.05, 3.63) is 24.3 Å². The zero-order chi connectivity index (χ0) is 17.9. The van der Waals surface area contributed by atoms with E-state index in [1.165, 1.54) is 0 Å². The molecule has 0 bridgehead atoms. The van der Waals surface area contributed by atoms with E-state index in [0.717, 1.165) is 24.5 Å². The van der Waals surface area contributed by atoms with Gasteiger partial charge in [0.2, 0.25) is 0 Å². The number of aliphatic imine (C=N–C) groups is 1. The van der Waals surface area contributed by atoms with Crippen LogP contribution in [0.3, 0.4) is 0 Å². The summed E-state index contributed by atoms with van der Waals surface area (Å²) >= 11 is 0. The molecule has 0 saturated carbocycles. The Morgan fingerprint density at radius 1 is 1.17 bits per heavy atom. The summed E-state index contributed by atoms with van der Waals surface area (Å²) < 4.78 is 0. The minimum absolute atomic E-state index is 0.222. The van der Waals surface area contributed by atoms with E-state index < -0.39 is 0 Å². The number of anilines is 1. The van der Waals surface area contributed by atoms with Crippen LogP contribution in [0.25, 0.3) is 0 Å². The quantitative estimate of drug-likeness (QED) is 0.872. The predicted octanol–water partition coefficient (Wildman–Crippen LogP) is 3.04. The molecule has 0 fully saturated rings. The fraction of sp³-hybridized carbons (Fsp3) is 0.500. The molecule has 0 saturated heterocycles. The Morgan fingerprint density at radius 3 is 2.21 bits per heavy atom. The lowest BCUT2D eigenvalue weighted by Gasteiger charge is -2.29. The summed E-state index contributed by atoms with van der Waals surface area (Å²) in [5.41, 5.74) is 2.44. The van der Waals surface area contributed by atoms with Crippen molar-refractivity contribution in [3.63, 3.8) is 0 Å². The Morgan fingerprint density at radius 2 is 1.75 bits per heavy atom. The summed E-state index contributed by atoms with van der Waals surface area (Å²) in [5.74, 6) is 0.222. The molecular formula is C18H27N5O. The van der Waals surface area contributed by atoms with Gasteiger partial charge in [0.1, 0.15) is 11.4 Å². The first-order chi connectivity index (χ1) is 11.3. The van der Waals surface area contributed by atoms with E-state index in [4.69, 9.17) is 5.41 Å². The average Bonchev–Trinajstić information content (AvgIpc) is 2.86. The van der Waals surface area contributed by atoms with E-state index in [9.17, 15) is 5.11 Å². The van der Waals surface area contributed by atoms with Crippen LogP contribution in [0.15, 0.2) is 34.4 Å². The van der Waals surface area contributed by atoms with Crippen molar-refractivity contribution in [1.29, 1.82) is 5.41 Å². The van der Waals surface area contributed by atoms with E-state index in [1.807, 2.05) is 45.0 Å². The summed E-state index contributed by atoms with van der Waals surface area (Å²) in [4.78, 5) is 6.81. The van der Waals surface area contributed by atoms with Gasteiger partial charge in [0, 0.05) is 18.8 Å². The number of amidine groups is 1. The van der Waals surface area contributed by atoms with Gasteiger partial charge in [0.15, 0.2) is 5.84 Å². The molecule has 0 radical (unpaired) electrons. The summed E-state index contributed by atoms with van der Waals surface area (Å²) in [5, 5.41) is 23.8. The molecule has 1 aromatic rings. The minimum Gasteiger partial charge on any atom is -0.390 e. The Bertz CT molecular complexity index is 651. The Hall–Kier alpha value is -2.21. The molecule has 1 heterocycles.